The number of hydrogen-bond acceptors (Lipinski definition) is 8. The number of amides is 2. The van der Waals surface area contributed by atoms with E-state index < -0.39 is 64.7 Å². The molecule has 1 aliphatic heterocycles. The van der Waals surface area contributed by atoms with E-state index in [0.717, 1.165) is 16.1 Å². The van der Waals surface area contributed by atoms with Crippen LogP contribution in [-0.2, 0) is 25.4 Å². The third-order valence-corrected chi connectivity index (χ3v) is 9.44. The second kappa shape index (κ2) is 10.6. The van der Waals surface area contributed by atoms with Crippen LogP contribution in [0.15, 0.2) is 63.7 Å². The molecule has 1 N–H and O–H groups in total. The van der Waals surface area contributed by atoms with Gasteiger partial charge in [-0.15, -0.1) is 0 Å². The Bertz CT molecular complexity index is 1770. The van der Waals surface area contributed by atoms with E-state index in [0.29, 0.717) is 17.2 Å². The van der Waals surface area contributed by atoms with Gasteiger partial charge >= 0.3 is 6.18 Å². The van der Waals surface area contributed by atoms with Crippen molar-refractivity contribution in [2.75, 3.05) is 19.2 Å². The molecule has 14 heteroatoms. The molecule has 2 amide bonds. The van der Waals surface area contributed by atoms with Crippen LogP contribution in [0.1, 0.15) is 30.0 Å². The lowest BCUT2D eigenvalue weighted by atomic mass is 9.59. The first-order valence-corrected chi connectivity index (χ1v) is 14.5. The summed E-state index contributed by atoms with van der Waals surface area (Å²) in [6.45, 7) is 0. The van der Waals surface area contributed by atoms with Crippen molar-refractivity contribution in [3.8, 4) is 11.5 Å². The average Bonchev–Trinajstić information content (AvgIpc) is 3.23. The number of carbonyl (C=O) groups is 4. The summed E-state index contributed by atoms with van der Waals surface area (Å²) in [7, 11) is 2.62. The number of ether oxygens (including phenoxy) is 1. The van der Waals surface area contributed by atoms with Gasteiger partial charge in [0, 0.05) is 41.8 Å². The van der Waals surface area contributed by atoms with Crippen LogP contribution in [0.3, 0.4) is 0 Å². The molecule has 1 aromatic heterocycles. The molecule has 1 fully saturated rings. The molecule has 228 valence electrons. The Labute approximate surface area is 261 Å². The summed E-state index contributed by atoms with van der Waals surface area (Å²) in [5.41, 5.74) is 0.254. The van der Waals surface area contributed by atoms with Gasteiger partial charge in [-0.05, 0) is 52.9 Å². The highest BCUT2D eigenvalue weighted by Crippen LogP contribution is 2.56. The number of fused-ring (bicyclic) bond motifs is 3. The Hall–Kier alpha value is -3.97. The first-order valence-electron chi connectivity index (χ1n) is 13.4. The summed E-state index contributed by atoms with van der Waals surface area (Å²) >= 11 is 9.34. The van der Waals surface area contributed by atoms with Gasteiger partial charge in [0.25, 0.3) is 11.8 Å². The number of Topliss-reactive ketones (excluding diaryl/α,β-unsaturated/α-hetero) is 1. The average molecular weight is 693 g/mol. The van der Waals surface area contributed by atoms with Crippen molar-refractivity contribution in [1.29, 1.82) is 0 Å². The third kappa shape index (κ3) is 4.55. The first-order chi connectivity index (χ1) is 20.7. The second-order valence-electron chi connectivity index (χ2n) is 10.8. The van der Waals surface area contributed by atoms with E-state index in [-0.39, 0.29) is 45.0 Å². The molecule has 4 aliphatic rings. The number of alkyl halides is 3. The standard InChI is InChI=1S/C30H22BrClF3N3O6/c1-37(27-19(32)7-8-22(36-27)30(33,34)35)38-28(42)15-6-5-13-16(24(15)29(38)43)10-17-25(20(40)11-18(31)26(17)41)23(13)14-4-3-12(39)9-21(14)44-2/h3-5,7-9,11,15-16,23-24,39H,6,10H2,1-2H3. The molecule has 9 nitrogen and oxygen atoms in total. The largest absolute Gasteiger partial charge is 0.508 e. The number of phenols is 1. The lowest BCUT2D eigenvalue weighted by molar-refractivity contribution is -0.141. The highest BCUT2D eigenvalue weighted by molar-refractivity contribution is 9.12. The van der Waals surface area contributed by atoms with Gasteiger partial charge in [-0.2, -0.15) is 18.2 Å². The van der Waals surface area contributed by atoms with Crippen LogP contribution in [0.25, 0.3) is 0 Å². The molecule has 4 unspecified atom stereocenters. The second-order valence-corrected chi connectivity index (χ2v) is 12.1. The zero-order chi connectivity index (χ0) is 31.8. The fraction of sp³-hybridized carbons (Fsp3) is 0.300. The Kier molecular flexibility index (Phi) is 7.23. The van der Waals surface area contributed by atoms with Crippen molar-refractivity contribution < 1.29 is 42.2 Å². The van der Waals surface area contributed by atoms with Gasteiger partial charge in [0.15, 0.2) is 17.4 Å². The number of nitrogens with zero attached hydrogens (tertiary/aromatic N) is 3. The smallest absolute Gasteiger partial charge is 0.433 e. The number of pyridine rings is 1. The van der Waals surface area contributed by atoms with Crippen LogP contribution < -0.4 is 9.75 Å². The zero-order valence-corrected chi connectivity index (χ0v) is 25.3. The number of allylic oxidation sites excluding steroid dienone is 6. The Morgan fingerprint density at radius 2 is 1.84 bits per heavy atom. The van der Waals surface area contributed by atoms with Crippen LogP contribution in [0.4, 0.5) is 19.0 Å². The van der Waals surface area contributed by atoms with E-state index in [4.69, 9.17) is 16.3 Å². The van der Waals surface area contributed by atoms with E-state index in [1.165, 1.54) is 32.4 Å². The van der Waals surface area contributed by atoms with E-state index in [2.05, 4.69) is 20.9 Å². The highest BCUT2D eigenvalue weighted by Gasteiger charge is 2.58. The summed E-state index contributed by atoms with van der Waals surface area (Å²) in [6, 6.07) is 6.06. The molecule has 44 heavy (non-hydrogen) atoms. The van der Waals surface area contributed by atoms with Gasteiger partial charge in [0.05, 0.1) is 28.5 Å². The lowest BCUT2D eigenvalue weighted by Crippen LogP contribution is -2.46. The molecular weight excluding hydrogens is 671 g/mol. The number of aromatic hydroxyl groups is 1. The van der Waals surface area contributed by atoms with Gasteiger partial charge in [-0.25, -0.2) is 4.98 Å². The molecule has 1 saturated heterocycles. The summed E-state index contributed by atoms with van der Waals surface area (Å²) in [6.07, 6.45) is -1.75. The fourth-order valence-electron chi connectivity index (χ4n) is 6.69. The number of ketones is 2. The van der Waals surface area contributed by atoms with Crippen molar-refractivity contribution in [3.63, 3.8) is 0 Å². The van der Waals surface area contributed by atoms with Crippen molar-refractivity contribution in [2.45, 2.75) is 24.9 Å². The number of hydrogen-bond donors (Lipinski definition) is 1. The molecule has 4 atom stereocenters. The van der Waals surface area contributed by atoms with Gasteiger partial charge < -0.3 is 9.84 Å². The van der Waals surface area contributed by atoms with Crippen LogP contribution in [0.5, 0.6) is 11.5 Å². The number of methoxy groups -OCH3 is 1. The first kappa shape index (κ1) is 30.1. The molecule has 2 aromatic rings. The molecule has 0 bridgehead atoms. The number of anilines is 1. The Balaban J connectivity index is 1.45. The van der Waals surface area contributed by atoms with Crippen molar-refractivity contribution in [1.82, 2.24) is 9.99 Å². The number of phenolic OH excluding ortho intramolecular Hbond substituents is 1. The highest BCUT2D eigenvalue weighted by atomic mass is 79.9. The number of aromatic nitrogens is 1. The number of halogens is 5. The normalized spacial score (nSPS) is 24.9. The fourth-order valence-corrected chi connectivity index (χ4v) is 7.37. The minimum absolute atomic E-state index is 0.0219. The number of imide groups is 1. The summed E-state index contributed by atoms with van der Waals surface area (Å²) in [5.74, 6) is -5.90. The minimum Gasteiger partial charge on any atom is -0.508 e. The third-order valence-electron chi connectivity index (χ3n) is 8.56. The molecule has 2 heterocycles. The lowest BCUT2D eigenvalue weighted by Gasteiger charge is -2.42. The maximum Gasteiger partial charge on any atom is 0.433 e. The van der Waals surface area contributed by atoms with Crippen LogP contribution in [0.2, 0.25) is 5.02 Å². The Morgan fingerprint density at radius 3 is 2.52 bits per heavy atom. The zero-order valence-electron chi connectivity index (χ0n) is 23.0. The molecule has 0 radical (unpaired) electrons. The number of carbonyl (C=O) groups excluding carboxylic acids is 4. The molecular formula is C30H22BrClF3N3O6. The van der Waals surface area contributed by atoms with E-state index in [1.54, 1.807) is 12.1 Å². The monoisotopic (exact) mass is 691 g/mol. The summed E-state index contributed by atoms with van der Waals surface area (Å²) in [5, 5.41) is 11.6. The minimum atomic E-state index is -4.80. The van der Waals surface area contributed by atoms with E-state index in [9.17, 15) is 37.5 Å². The molecule has 0 spiro atoms. The SMILES string of the molecule is COc1cc(O)ccc1C1C2=CCC3C(=O)N(N(C)c4nc(C(F)(F)F)ccc4Cl)C(=O)C3C2CC2=C1C(=O)C=C(Br)C2=O. The topological polar surface area (TPSA) is 117 Å². The Morgan fingerprint density at radius 1 is 1.11 bits per heavy atom. The van der Waals surface area contributed by atoms with Crippen LogP contribution in [0, 0.1) is 17.8 Å². The van der Waals surface area contributed by atoms with Gasteiger partial charge in [-0.1, -0.05) is 29.3 Å². The number of rotatable bonds is 4. The summed E-state index contributed by atoms with van der Waals surface area (Å²) < 4.78 is 45.9. The van der Waals surface area contributed by atoms with Crippen molar-refractivity contribution in [2.24, 2.45) is 17.8 Å². The molecule has 3 aliphatic carbocycles. The molecule has 0 saturated carbocycles. The van der Waals surface area contributed by atoms with Crippen LogP contribution >= 0.6 is 27.5 Å². The quantitative estimate of drug-likeness (QED) is 0.262. The van der Waals surface area contributed by atoms with Gasteiger partial charge in [0.2, 0.25) is 0 Å². The van der Waals surface area contributed by atoms with Crippen molar-refractivity contribution >= 4 is 56.7 Å². The van der Waals surface area contributed by atoms with Crippen LogP contribution in [-0.4, -0.2) is 52.6 Å². The number of benzene rings is 1. The van der Waals surface area contributed by atoms with E-state index >= 15 is 0 Å². The maximum absolute atomic E-state index is 14.1. The van der Waals surface area contributed by atoms with Crippen molar-refractivity contribution in [3.05, 3.63) is 80.0 Å². The molecule has 1 aromatic carbocycles. The predicted molar refractivity (Wildman–Crippen MR) is 154 cm³/mol. The van der Waals surface area contributed by atoms with Gasteiger partial charge in [-0.3, -0.25) is 24.2 Å². The maximum atomic E-state index is 14.1. The van der Waals surface area contributed by atoms with E-state index in [1.807, 2.05) is 0 Å². The summed E-state index contributed by atoms with van der Waals surface area (Å²) in [4.78, 5) is 58.2. The molecule has 6 rings (SSSR count). The van der Waals surface area contributed by atoms with Gasteiger partial charge in [0.1, 0.15) is 17.2 Å². The number of hydrazine groups is 1. The predicted octanol–water partition coefficient (Wildman–Crippen LogP) is 5.28.